The monoisotopic (exact) mass is 344 g/mol. The normalized spacial score (nSPS) is 12.5. The van der Waals surface area contributed by atoms with Crippen LogP contribution in [-0.2, 0) is 6.42 Å². The molecule has 0 aliphatic heterocycles. The zero-order chi connectivity index (χ0) is 14.0. The lowest BCUT2D eigenvalue weighted by molar-refractivity contribution is 0.507. The van der Waals surface area contributed by atoms with Crippen LogP contribution in [0.5, 0.6) is 0 Å². The van der Waals surface area contributed by atoms with Crippen molar-refractivity contribution in [3.8, 4) is 0 Å². The van der Waals surface area contributed by atoms with E-state index < -0.39 is 11.6 Å². The second-order valence-electron chi connectivity index (χ2n) is 4.20. The minimum atomic E-state index is -0.933. The van der Waals surface area contributed by atoms with Crippen LogP contribution in [-0.4, -0.2) is 0 Å². The van der Waals surface area contributed by atoms with E-state index >= 15 is 0 Å². The van der Waals surface area contributed by atoms with E-state index in [0.717, 1.165) is 29.7 Å². The maximum Gasteiger partial charge on any atom is 0.160 e. The molecule has 0 bridgehead atoms. The second-order valence-corrected chi connectivity index (χ2v) is 5.53. The molecule has 1 atom stereocenters. The van der Waals surface area contributed by atoms with E-state index in [4.69, 9.17) is 11.6 Å². The first-order valence-electron chi connectivity index (χ1n) is 5.91. The Hall–Kier alpha value is -0.930. The predicted molar refractivity (Wildman–Crippen MR) is 78.0 cm³/mol. The highest BCUT2D eigenvalue weighted by Gasteiger charge is 2.18. The molecule has 0 saturated carbocycles. The van der Waals surface area contributed by atoms with Crippen molar-refractivity contribution in [3.05, 3.63) is 69.7 Å². The molecule has 2 rings (SSSR count). The molecular weight excluding hydrogens is 334 g/mol. The summed E-state index contributed by atoms with van der Waals surface area (Å²) in [4.78, 5) is -0.258. The zero-order valence-corrected chi connectivity index (χ0v) is 12.6. The molecule has 19 heavy (non-hydrogen) atoms. The third-order valence-corrected chi connectivity index (χ3v) is 4.34. The van der Waals surface area contributed by atoms with Gasteiger partial charge >= 0.3 is 0 Å². The van der Waals surface area contributed by atoms with Gasteiger partial charge in [0.15, 0.2) is 11.6 Å². The number of rotatable bonds is 3. The van der Waals surface area contributed by atoms with E-state index in [2.05, 4.69) is 15.9 Å². The molecule has 100 valence electrons. The Bertz CT molecular complexity index is 599. The Labute approximate surface area is 124 Å². The molecule has 0 N–H and O–H groups in total. The molecule has 2 aromatic rings. The van der Waals surface area contributed by atoms with Gasteiger partial charge in [-0.15, -0.1) is 0 Å². The molecule has 0 saturated heterocycles. The quantitative estimate of drug-likeness (QED) is 0.497. The average molecular weight is 346 g/mol. The summed E-state index contributed by atoms with van der Waals surface area (Å²) in [6.07, 6.45) is 0.861. The highest BCUT2D eigenvalue weighted by atomic mass is 79.9. The van der Waals surface area contributed by atoms with Crippen LogP contribution in [0.1, 0.15) is 28.4 Å². The van der Waals surface area contributed by atoms with E-state index in [1.807, 2.05) is 31.2 Å². The van der Waals surface area contributed by atoms with Crippen molar-refractivity contribution in [1.29, 1.82) is 0 Å². The first-order valence-corrected chi connectivity index (χ1v) is 7.20. The minimum Gasteiger partial charge on any atom is -0.204 e. The number of hydrogen-bond acceptors (Lipinski definition) is 0. The molecule has 0 amide bonds. The molecule has 0 radical (unpaired) electrons. The lowest BCUT2D eigenvalue weighted by atomic mass is 9.98. The molecule has 0 fully saturated rings. The van der Waals surface area contributed by atoms with Crippen molar-refractivity contribution in [1.82, 2.24) is 0 Å². The summed E-state index contributed by atoms with van der Waals surface area (Å²) in [6, 6.07) is 9.98. The Morgan fingerprint density at radius 3 is 2.42 bits per heavy atom. The fourth-order valence-electron chi connectivity index (χ4n) is 2.00. The molecule has 0 aliphatic rings. The van der Waals surface area contributed by atoms with Gasteiger partial charge in [-0.3, -0.25) is 0 Å². The van der Waals surface area contributed by atoms with Crippen molar-refractivity contribution < 1.29 is 8.78 Å². The molecule has 0 heterocycles. The van der Waals surface area contributed by atoms with Crippen LogP contribution in [0.25, 0.3) is 0 Å². The number of halogens is 4. The van der Waals surface area contributed by atoms with Crippen LogP contribution >= 0.6 is 27.5 Å². The van der Waals surface area contributed by atoms with Gasteiger partial charge in [-0.05, 0) is 35.2 Å². The van der Waals surface area contributed by atoms with Crippen LogP contribution in [0, 0.1) is 11.6 Å². The van der Waals surface area contributed by atoms with Gasteiger partial charge in [0.2, 0.25) is 0 Å². The maximum atomic E-state index is 13.4. The average Bonchev–Trinajstić information content (AvgIpc) is 2.42. The number of alkyl halides is 1. The first kappa shape index (κ1) is 14.5. The highest BCUT2D eigenvalue weighted by molar-refractivity contribution is 9.09. The maximum absolute atomic E-state index is 13.4. The minimum absolute atomic E-state index is 0.215. The van der Waals surface area contributed by atoms with E-state index in [0.29, 0.717) is 5.56 Å². The lowest BCUT2D eigenvalue weighted by Crippen LogP contribution is -2.00. The summed E-state index contributed by atoms with van der Waals surface area (Å²) in [5.74, 6) is -1.82. The molecular formula is C15H12BrClF2. The van der Waals surface area contributed by atoms with Gasteiger partial charge in [0.05, 0.1) is 4.83 Å². The van der Waals surface area contributed by atoms with E-state index in [9.17, 15) is 8.78 Å². The third kappa shape index (κ3) is 2.98. The van der Waals surface area contributed by atoms with Crippen molar-refractivity contribution in [2.45, 2.75) is 18.2 Å². The number of hydrogen-bond donors (Lipinski definition) is 0. The lowest BCUT2D eigenvalue weighted by Gasteiger charge is -2.16. The van der Waals surface area contributed by atoms with Gasteiger partial charge in [-0.25, -0.2) is 8.78 Å². The van der Waals surface area contributed by atoms with Crippen molar-refractivity contribution >= 4 is 27.5 Å². The Kier molecular flexibility index (Phi) is 4.58. The molecule has 0 aromatic heterocycles. The fraction of sp³-hybridized carbons (Fsp3) is 0.200. The standard InChI is InChI=1S/C15H12BrClF2/c1-2-9-5-3-4-6-10(9)15(16)11-7-13(18)14(19)8-12(11)17/h3-8,15H,2H2,1H3. The Morgan fingerprint density at radius 2 is 1.74 bits per heavy atom. The smallest absolute Gasteiger partial charge is 0.160 e. The SMILES string of the molecule is CCc1ccccc1C(Br)c1cc(F)c(F)cc1Cl. The molecule has 0 spiro atoms. The molecule has 0 aliphatic carbocycles. The van der Waals surface area contributed by atoms with Crippen LogP contribution in [0.15, 0.2) is 36.4 Å². The van der Waals surface area contributed by atoms with Crippen molar-refractivity contribution in [2.75, 3.05) is 0 Å². The van der Waals surface area contributed by atoms with Gasteiger partial charge in [-0.2, -0.15) is 0 Å². The van der Waals surface area contributed by atoms with Gasteiger partial charge in [0.1, 0.15) is 0 Å². The summed E-state index contributed by atoms with van der Waals surface area (Å²) < 4.78 is 26.5. The summed E-state index contributed by atoms with van der Waals surface area (Å²) in [6.45, 7) is 2.05. The number of aryl methyl sites for hydroxylation is 1. The first-order chi connectivity index (χ1) is 9.04. The molecule has 4 heteroatoms. The van der Waals surface area contributed by atoms with Crippen LogP contribution in [0.4, 0.5) is 8.78 Å². The van der Waals surface area contributed by atoms with Crippen LogP contribution in [0.3, 0.4) is 0 Å². The molecule has 2 aromatic carbocycles. The van der Waals surface area contributed by atoms with Crippen molar-refractivity contribution in [2.24, 2.45) is 0 Å². The topological polar surface area (TPSA) is 0 Å². The highest BCUT2D eigenvalue weighted by Crippen LogP contribution is 2.37. The van der Waals surface area contributed by atoms with E-state index in [-0.39, 0.29) is 9.85 Å². The van der Waals surface area contributed by atoms with Crippen molar-refractivity contribution in [3.63, 3.8) is 0 Å². The van der Waals surface area contributed by atoms with Gasteiger partial charge < -0.3 is 0 Å². The van der Waals surface area contributed by atoms with Gasteiger partial charge in [-0.1, -0.05) is 58.7 Å². The predicted octanol–water partition coefficient (Wildman–Crippen LogP) is 5.66. The molecule has 1 unspecified atom stereocenters. The zero-order valence-electron chi connectivity index (χ0n) is 10.3. The Balaban J connectivity index is 2.50. The fourth-order valence-corrected chi connectivity index (χ4v) is 3.22. The summed E-state index contributed by atoms with van der Waals surface area (Å²) in [5.41, 5.74) is 2.68. The van der Waals surface area contributed by atoms with E-state index in [1.165, 1.54) is 0 Å². The number of benzene rings is 2. The Morgan fingerprint density at radius 1 is 1.11 bits per heavy atom. The van der Waals surface area contributed by atoms with Crippen LogP contribution in [0.2, 0.25) is 5.02 Å². The van der Waals surface area contributed by atoms with Crippen LogP contribution < -0.4 is 0 Å². The second kappa shape index (κ2) is 6.02. The van der Waals surface area contributed by atoms with E-state index in [1.54, 1.807) is 0 Å². The summed E-state index contributed by atoms with van der Waals surface area (Å²) in [7, 11) is 0. The van der Waals surface area contributed by atoms with Gasteiger partial charge in [0, 0.05) is 5.02 Å². The van der Waals surface area contributed by atoms with Gasteiger partial charge in [0.25, 0.3) is 0 Å². The molecule has 0 nitrogen and oxygen atoms in total. The largest absolute Gasteiger partial charge is 0.204 e. The summed E-state index contributed by atoms with van der Waals surface area (Å²) in [5, 5.41) is 0.215. The summed E-state index contributed by atoms with van der Waals surface area (Å²) >= 11 is 9.53. The third-order valence-electron chi connectivity index (χ3n) is 3.02.